The van der Waals surface area contributed by atoms with Crippen LogP contribution in [0.15, 0.2) is 183 Å². The number of hydrogen-bond acceptors (Lipinski definition) is 1. The molecule has 10 aromatic rings. The highest BCUT2D eigenvalue weighted by Crippen LogP contribution is 2.54. The lowest BCUT2D eigenvalue weighted by Crippen LogP contribution is -2.03. The van der Waals surface area contributed by atoms with E-state index in [0.717, 1.165) is 29.3 Å². The van der Waals surface area contributed by atoms with Crippen molar-refractivity contribution >= 4 is 49.2 Å². The molecular weight excluding hydrogens is 701 g/mol. The molecule has 0 amide bonds. The second-order valence-electron chi connectivity index (χ2n) is 15.3. The Balaban J connectivity index is 1.25. The zero-order valence-corrected chi connectivity index (χ0v) is 32.6. The van der Waals surface area contributed by atoms with Crippen LogP contribution in [0.5, 0.6) is 0 Å². The Morgan fingerprint density at radius 2 is 1.17 bits per heavy atom. The summed E-state index contributed by atoms with van der Waals surface area (Å²) in [6.45, 7) is 8.24. The number of benzene rings is 9. The van der Waals surface area contributed by atoms with Gasteiger partial charge in [0.1, 0.15) is 5.82 Å². The van der Waals surface area contributed by atoms with Crippen LogP contribution in [-0.4, -0.2) is 9.55 Å². The minimum Gasteiger partial charge on any atom is -0.300 e. The third-order valence-corrected chi connectivity index (χ3v) is 12.3. The zero-order valence-electron chi connectivity index (χ0n) is 32.6. The van der Waals surface area contributed by atoms with Gasteiger partial charge in [0.25, 0.3) is 0 Å². The van der Waals surface area contributed by atoms with Crippen LogP contribution in [0.3, 0.4) is 0 Å². The Labute approximate surface area is 338 Å². The molecule has 0 radical (unpaired) electrons. The normalized spacial score (nSPS) is 12.0. The van der Waals surface area contributed by atoms with Gasteiger partial charge in [0, 0.05) is 17.5 Å². The molecule has 0 bridgehead atoms. The maximum absolute atomic E-state index is 5.07. The Morgan fingerprint density at radius 1 is 0.517 bits per heavy atom. The maximum atomic E-state index is 5.07. The second-order valence-corrected chi connectivity index (χ2v) is 15.3. The summed E-state index contributed by atoms with van der Waals surface area (Å²) in [6, 6.07) is 60.9. The van der Waals surface area contributed by atoms with E-state index in [1.165, 1.54) is 98.7 Å². The average molecular weight is 741 g/mol. The SMILES string of the molecule is C=C/C=C\c1nc(CC)n(-c2ccc(-c3c4ccccc4c(-c4ccc5cccc6c5c4-c4ccccc4-6)c4ccc(-c5ccccc5)cc34)c3ccccc23)c1C. The van der Waals surface area contributed by atoms with E-state index in [0.29, 0.717) is 0 Å². The van der Waals surface area contributed by atoms with E-state index in [1.807, 2.05) is 12.2 Å². The molecule has 0 N–H and O–H groups in total. The summed E-state index contributed by atoms with van der Waals surface area (Å²) in [7, 11) is 0. The molecule has 0 spiro atoms. The minimum absolute atomic E-state index is 0.820. The van der Waals surface area contributed by atoms with Crippen LogP contribution < -0.4 is 0 Å². The van der Waals surface area contributed by atoms with E-state index in [2.05, 4.69) is 195 Å². The first-order chi connectivity index (χ1) is 28.6. The van der Waals surface area contributed by atoms with Gasteiger partial charge < -0.3 is 0 Å². The number of allylic oxidation sites excluding steroid dienone is 2. The van der Waals surface area contributed by atoms with Crippen LogP contribution in [0.4, 0.5) is 0 Å². The van der Waals surface area contributed by atoms with Crippen LogP contribution in [0.2, 0.25) is 0 Å². The fourth-order valence-corrected chi connectivity index (χ4v) is 9.74. The van der Waals surface area contributed by atoms with Gasteiger partial charge in [-0.1, -0.05) is 177 Å². The smallest absolute Gasteiger partial charge is 0.113 e. The molecule has 0 saturated carbocycles. The molecule has 274 valence electrons. The predicted molar refractivity (Wildman–Crippen MR) is 248 cm³/mol. The first-order valence-electron chi connectivity index (χ1n) is 20.2. The molecule has 1 heterocycles. The lowest BCUT2D eigenvalue weighted by atomic mass is 9.82. The largest absolute Gasteiger partial charge is 0.300 e. The van der Waals surface area contributed by atoms with Crippen LogP contribution in [0, 0.1) is 6.92 Å². The average Bonchev–Trinajstić information content (AvgIpc) is 3.79. The highest BCUT2D eigenvalue weighted by atomic mass is 15.1. The maximum Gasteiger partial charge on any atom is 0.113 e. The molecule has 2 heteroatoms. The van der Waals surface area contributed by atoms with E-state index in [-0.39, 0.29) is 0 Å². The topological polar surface area (TPSA) is 17.8 Å². The Bertz CT molecular complexity index is 3340. The number of rotatable bonds is 7. The molecule has 1 aliphatic rings. The number of aromatic nitrogens is 2. The number of nitrogens with zero attached hydrogens (tertiary/aromatic N) is 2. The lowest BCUT2D eigenvalue weighted by molar-refractivity contribution is 0.877. The third kappa shape index (κ3) is 5.01. The Hall–Kier alpha value is -7.29. The van der Waals surface area contributed by atoms with Crippen LogP contribution in [-0.2, 0) is 6.42 Å². The van der Waals surface area contributed by atoms with Crippen molar-refractivity contribution in [3.05, 3.63) is 200 Å². The summed E-state index contributed by atoms with van der Waals surface area (Å²) < 4.78 is 2.34. The van der Waals surface area contributed by atoms with Crippen molar-refractivity contribution in [3.63, 3.8) is 0 Å². The van der Waals surface area contributed by atoms with Crippen LogP contribution in [0.25, 0.3) is 110 Å². The quantitative estimate of drug-likeness (QED) is 0.118. The number of fused-ring (bicyclic) bond motifs is 6. The van der Waals surface area contributed by atoms with Gasteiger partial charge in [-0.2, -0.15) is 0 Å². The predicted octanol–water partition coefficient (Wildman–Crippen LogP) is 15.2. The Morgan fingerprint density at radius 3 is 1.95 bits per heavy atom. The molecule has 2 nitrogen and oxygen atoms in total. The van der Waals surface area contributed by atoms with Crippen molar-refractivity contribution in [2.24, 2.45) is 0 Å². The van der Waals surface area contributed by atoms with Crippen LogP contribution in [0.1, 0.15) is 24.1 Å². The van der Waals surface area contributed by atoms with Crippen molar-refractivity contribution in [1.29, 1.82) is 0 Å². The first-order valence-corrected chi connectivity index (χ1v) is 20.2. The highest BCUT2D eigenvalue weighted by molar-refractivity contribution is 6.28. The summed E-state index contributed by atoms with van der Waals surface area (Å²) in [5.41, 5.74) is 15.9. The highest BCUT2D eigenvalue weighted by Gasteiger charge is 2.27. The fraction of sp³-hybridized carbons (Fsp3) is 0.0536. The van der Waals surface area contributed by atoms with Crippen molar-refractivity contribution < 1.29 is 0 Å². The second kappa shape index (κ2) is 13.4. The standard InChI is InChI=1S/C56H40N2/c1-4-6-27-50-35(3)58(52(5-2)57-50)51-33-32-46(39-20-10-12-22-41(39)51)55-45-25-15-14-24-44(45)54(47-30-29-38(34-49(47)55)36-17-8-7-9-18-36)48-31-28-37-19-16-26-42-40-21-11-13-23-43(40)56(48)53(37)42/h4,6-34H,1,5H2,2-3H3/b27-6-. The molecule has 1 aromatic heterocycles. The van der Waals surface area contributed by atoms with Gasteiger partial charge in [-0.25, -0.2) is 4.98 Å². The van der Waals surface area contributed by atoms with Crippen molar-refractivity contribution in [2.45, 2.75) is 20.3 Å². The Kier molecular flexibility index (Phi) is 7.87. The summed E-state index contributed by atoms with van der Waals surface area (Å²) in [4.78, 5) is 5.07. The van der Waals surface area contributed by atoms with Gasteiger partial charge in [0.05, 0.1) is 11.4 Å². The van der Waals surface area contributed by atoms with Gasteiger partial charge in [0.15, 0.2) is 0 Å². The molecular formula is C56H40N2. The van der Waals surface area contributed by atoms with Gasteiger partial charge >= 0.3 is 0 Å². The summed E-state index contributed by atoms with van der Waals surface area (Å²) in [5.74, 6) is 1.04. The van der Waals surface area contributed by atoms with Crippen LogP contribution >= 0.6 is 0 Å². The van der Waals surface area contributed by atoms with Crippen molar-refractivity contribution in [3.8, 4) is 61.3 Å². The molecule has 58 heavy (non-hydrogen) atoms. The monoisotopic (exact) mass is 740 g/mol. The molecule has 9 aromatic carbocycles. The summed E-state index contributed by atoms with van der Waals surface area (Å²) in [5, 5.41) is 10.0. The van der Waals surface area contributed by atoms with E-state index in [1.54, 1.807) is 0 Å². The molecule has 1 aliphatic carbocycles. The van der Waals surface area contributed by atoms with Crippen molar-refractivity contribution in [1.82, 2.24) is 9.55 Å². The van der Waals surface area contributed by atoms with Gasteiger partial charge in [0.2, 0.25) is 0 Å². The van der Waals surface area contributed by atoms with Gasteiger partial charge in [-0.15, -0.1) is 0 Å². The number of hydrogen-bond donors (Lipinski definition) is 0. The fourth-order valence-electron chi connectivity index (χ4n) is 9.74. The number of aryl methyl sites for hydroxylation is 1. The summed E-state index contributed by atoms with van der Waals surface area (Å²) in [6.07, 6.45) is 6.65. The van der Waals surface area contributed by atoms with E-state index in [9.17, 15) is 0 Å². The van der Waals surface area contributed by atoms with Gasteiger partial charge in [-0.05, 0) is 118 Å². The molecule has 0 fully saturated rings. The minimum atomic E-state index is 0.820. The molecule has 0 atom stereocenters. The van der Waals surface area contributed by atoms with Gasteiger partial charge in [-0.3, -0.25) is 4.57 Å². The molecule has 0 aliphatic heterocycles. The van der Waals surface area contributed by atoms with Crippen molar-refractivity contribution in [2.75, 3.05) is 0 Å². The third-order valence-electron chi connectivity index (χ3n) is 12.3. The number of imidazole rings is 1. The molecule has 11 rings (SSSR count). The molecule has 0 saturated heterocycles. The first kappa shape index (κ1) is 34.0. The zero-order chi connectivity index (χ0) is 38.9. The van der Waals surface area contributed by atoms with E-state index >= 15 is 0 Å². The summed E-state index contributed by atoms with van der Waals surface area (Å²) >= 11 is 0. The molecule has 0 unspecified atom stereocenters. The lowest BCUT2D eigenvalue weighted by Gasteiger charge is -2.22. The van der Waals surface area contributed by atoms with E-state index < -0.39 is 0 Å². The van der Waals surface area contributed by atoms with E-state index in [4.69, 9.17) is 4.98 Å².